The fraction of sp³-hybridized carbons (Fsp3) is 0.333. The van der Waals surface area contributed by atoms with E-state index in [9.17, 15) is 18.4 Å². The highest BCUT2D eigenvalue weighted by atomic mass is 19.3. The van der Waals surface area contributed by atoms with Crippen LogP contribution >= 0.6 is 0 Å². The van der Waals surface area contributed by atoms with Gasteiger partial charge in [-0.2, -0.15) is 8.78 Å². The second-order valence-corrected chi connectivity index (χ2v) is 6.62. The average Bonchev–Trinajstić information content (AvgIpc) is 2.72. The molecule has 7 nitrogen and oxygen atoms in total. The average molecular weight is 421 g/mol. The maximum absolute atomic E-state index is 12.4. The molecular formula is C21H25F2N3O4. The normalized spacial score (nSPS) is 11.8. The Balaban J connectivity index is 1.90. The predicted molar refractivity (Wildman–Crippen MR) is 108 cm³/mol. The zero-order valence-corrected chi connectivity index (χ0v) is 17.0. The van der Waals surface area contributed by atoms with Gasteiger partial charge >= 0.3 is 6.61 Å². The Morgan fingerprint density at radius 2 is 1.73 bits per heavy atom. The van der Waals surface area contributed by atoms with Gasteiger partial charge in [-0.05, 0) is 37.9 Å². The Hall–Kier alpha value is -3.20. The molecule has 2 aromatic rings. The van der Waals surface area contributed by atoms with Crippen LogP contribution in [0, 0.1) is 0 Å². The summed E-state index contributed by atoms with van der Waals surface area (Å²) in [6.45, 7) is -2.87. The van der Waals surface area contributed by atoms with Crippen molar-refractivity contribution >= 4 is 11.8 Å². The van der Waals surface area contributed by atoms with Gasteiger partial charge in [0.15, 0.2) is 11.5 Å². The maximum Gasteiger partial charge on any atom is 0.387 e. The number of rotatable bonds is 10. The summed E-state index contributed by atoms with van der Waals surface area (Å²) in [6.07, 6.45) is 0. The van der Waals surface area contributed by atoms with Crippen molar-refractivity contribution in [2.45, 2.75) is 12.7 Å². The third-order valence-electron chi connectivity index (χ3n) is 4.35. The molecule has 0 saturated heterocycles. The van der Waals surface area contributed by atoms with Gasteiger partial charge in [0.1, 0.15) is 0 Å². The first-order valence-corrected chi connectivity index (χ1v) is 9.21. The number of likely N-dealkylation sites (N-methyl/N-ethyl adjacent to an activating group) is 1. The van der Waals surface area contributed by atoms with Gasteiger partial charge < -0.3 is 25.0 Å². The summed E-state index contributed by atoms with van der Waals surface area (Å²) in [6, 6.07) is 13.5. The van der Waals surface area contributed by atoms with Gasteiger partial charge in [-0.25, -0.2) is 0 Å². The number of nitrogens with zero attached hydrogens (tertiary/aromatic N) is 1. The minimum atomic E-state index is -3.01. The van der Waals surface area contributed by atoms with Crippen molar-refractivity contribution < 1.29 is 27.8 Å². The SMILES string of the molecule is COc1cc(C(=O)NCC(=O)NCC(c2ccccc2)N(C)C)ccc1OC(F)F. The first-order valence-electron chi connectivity index (χ1n) is 9.21. The summed E-state index contributed by atoms with van der Waals surface area (Å²) in [4.78, 5) is 26.4. The fourth-order valence-corrected chi connectivity index (χ4v) is 2.81. The number of hydrogen-bond acceptors (Lipinski definition) is 5. The molecular weight excluding hydrogens is 396 g/mol. The van der Waals surface area contributed by atoms with E-state index in [1.54, 1.807) is 0 Å². The molecule has 0 saturated carbocycles. The topological polar surface area (TPSA) is 79.9 Å². The van der Waals surface area contributed by atoms with E-state index in [1.807, 2.05) is 49.3 Å². The summed E-state index contributed by atoms with van der Waals surface area (Å²) < 4.78 is 34.1. The van der Waals surface area contributed by atoms with Gasteiger partial charge in [-0.3, -0.25) is 9.59 Å². The third kappa shape index (κ3) is 6.70. The largest absolute Gasteiger partial charge is 0.493 e. The molecule has 0 aliphatic heterocycles. The molecule has 2 N–H and O–H groups in total. The second kappa shape index (κ2) is 11.1. The Kier molecular flexibility index (Phi) is 8.54. The molecule has 9 heteroatoms. The van der Waals surface area contributed by atoms with Crippen molar-refractivity contribution in [1.82, 2.24) is 15.5 Å². The number of ether oxygens (including phenoxy) is 2. The van der Waals surface area contributed by atoms with Crippen LogP contribution in [0.3, 0.4) is 0 Å². The molecule has 2 rings (SSSR count). The van der Waals surface area contributed by atoms with E-state index in [1.165, 1.54) is 25.3 Å². The molecule has 0 aliphatic carbocycles. The Bertz CT molecular complexity index is 847. The number of benzene rings is 2. The van der Waals surface area contributed by atoms with E-state index in [4.69, 9.17) is 4.74 Å². The third-order valence-corrected chi connectivity index (χ3v) is 4.35. The number of carbonyl (C=O) groups is 2. The van der Waals surface area contributed by atoms with E-state index in [2.05, 4.69) is 15.4 Å². The molecule has 162 valence electrons. The van der Waals surface area contributed by atoms with Gasteiger partial charge in [0.05, 0.1) is 19.7 Å². The molecule has 0 aliphatic rings. The van der Waals surface area contributed by atoms with Crippen LogP contribution in [0.15, 0.2) is 48.5 Å². The van der Waals surface area contributed by atoms with E-state index < -0.39 is 12.5 Å². The van der Waals surface area contributed by atoms with E-state index in [0.717, 1.165) is 5.56 Å². The van der Waals surface area contributed by atoms with Gasteiger partial charge in [-0.15, -0.1) is 0 Å². The number of hydrogen-bond donors (Lipinski definition) is 2. The van der Waals surface area contributed by atoms with Crippen LogP contribution in [0.1, 0.15) is 22.0 Å². The molecule has 1 unspecified atom stereocenters. The zero-order chi connectivity index (χ0) is 22.1. The predicted octanol–water partition coefficient (Wildman–Crippen LogP) is 2.45. The molecule has 2 amide bonds. The van der Waals surface area contributed by atoms with E-state index in [-0.39, 0.29) is 35.6 Å². The summed E-state index contributed by atoms with van der Waals surface area (Å²) in [5, 5.41) is 5.29. The molecule has 0 radical (unpaired) electrons. The van der Waals surface area contributed by atoms with Gasteiger partial charge in [0.25, 0.3) is 5.91 Å². The van der Waals surface area contributed by atoms with E-state index in [0.29, 0.717) is 6.54 Å². The van der Waals surface area contributed by atoms with Crippen molar-refractivity contribution in [2.75, 3.05) is 34.3 Å². The van der Waals surface area contributed by atoms with Gasteiger partial charge in [0, 0.05) is 12.1 Å². The Labute approximate surface area is 174 Å². The van der Waals surface area contributed by atoms with Crippen LogP contribution in [0.2, 0.25) is 0 Å². The van der Waals surface area contributed by atoms with Crippen LogP contribution in [0.5, 0.6) is 11.5 Å². The number of amides is 2. The maximum atomic E-state index is 12.4. The number of carbonyl (C=O) groups excluding carboxylic acids is 2. The van der Waals surface area contributed by atoms with Crippen molar-refractivity contribution in [1.29, 1.82) is 0 Å². The summed E-state index contributed by atoms with van der Waals surface area (Å²) in [5.74, 6) is -1.09. The lowest BCUT2D eigenvalue weighted by atomic mass is 10.1. The molecule has 0 fully saturated rings. The van der Waals surface area contributed by atoms with Crippen molar-refractivity contribution in [3.8, 4) is 11.5 Å². The van der Waals surface area contributed by atoms with Crippen molar-refractivity contribution in [3.05, 3.63) is 59.7 Å². The summed E-state index contributed by atoms with van der Waals surface area (Å²) >= 11 is 0. The van der Waals surface area contributed by atoms with Crippen LogP contribution in [-0.2, 0) is 4.79 Å². The molecule has 0 spiro atoms. The minimum absolute atomic E-state index is 0.0101. The molecule has 0 heterocycles. The monoisotopic (exact) mass is 421 g/mol. The molecule has 0 bridgehead atoms. The van der Waals surface area contributed by atoms with Crippen LogP contribution in [0.4, 0.5) is 8.78 Å². The standard InChI is InChI=1S/C21H25F2N3O4/c1-26(2)16(14-7-5-4-6-8-14)12-24-19(27)13-25-20(28)15-9-10-17(30-21(22)23)18(11-15)29-3/h4-11,16,21H,12-13H2,1-3H3,(H,24,27)(H,25,28). The summed E-state index contributed by atoms with van der Waals surface area (Å²) in [5.41, 5.74) is 1.21. The van der Waals surface area contributed by atoms with Crippen molar-refractivity contribution in [3.63, 3.8) is 0 Å². The number of methoxy groups -OCH3 is 1. The van der Waals surface area contributed by atoms with Gasteiger partial charge in [-0.1, -0.05) is 30.3 Å². The lowest BCUT2D eigenvalue weighted by Crippen LogP contribution is -2.40. The van der Waals surface area contributed by atoms with Gasteiger partial charge in [0.2, 0.25) is 5.91 Å². The smallest absolute Gasteiger partial charge is 0.387 e. The van der Waals surface area contributed by atoms with Crippen LogP contribution in [-0.4, -0.2) is 57.6 Å². The molecule has 30 heavy (non-hydrogen) atoms. The highest BCUT2D eigenvalue weighted by molar-refractivity contribution is 5.97. The minimum Gasteiger partial charge on any atom is -0.493 e. The first kappa shape index (κ1) is 23.1. The Morgan fingerprint density at radius 1 is 1.03 bits per heavy atom. The summed E-state index contributed by atoms with van der Waals surface area (Å²) in [7, 11) is 5.11. The highest BCUT2D eigenvalue weighted by Gasteiger charge is 2.17. The fourth-order valence-electron chi connectivity index (χ4n) is 2.81. The zero-order valence-electron chi connectivity index (χ0n) is 17.0. The number of alkyl halides is 2. The molecule has 1 atom stereocenters. The lowest BCUT2D eigenvalue weighted by molar-refractivity contribution is -0.120. The van der Waals surface area contributed by atoms with Crippen LogP contribution in [0.25, 0.3) is 0 Å². The lowest BCUT2D eigenvalue weighted by Gasteiger charge is -2.25. The first-order chi connectivity index (χ1) is 14.3. The van der Waals surface area contributed by atoms with Crippen LogP contribution < -0.4 is 20.1 Å². The molecule has 2 aromatic carbocycles. The highest BCUT2D eigenvalue weighted by Crippen LogP contribution is 2.29. The van der Waals surface area contributed by atoms with Crippen molar-refractivity contribution in [2.24, 2.45) is 0 Å². The Morgan fingerprint density at radius 3 is 2.33 bits per heavy atom. The molecule has 0 aromatic heterocycles. The second-order valence-electron chi connectivity index (χ2n) is 6.62. The number of nitrogens with one attached hydrogen (secondary N) is 2. The quantitative estimate of drug-likeness (QED) is 0.616. The van der Waals surface area contributed by atoms with E-state index >= 15 is 0 Å². The number of halogens is 2.